The number of ether oxygens (including phenoxy) is 3. The van der Waals surface area contributed by atoms with Gasteiger partial charge < -0.3 is 19.9 Å². The average Bonchev–Trinajstić information content (AvgIpc) is 2.74. The van der Waals surface area contributed by atoms with Gasteiger partial charge in [-0.2, -0.15) is 5.26 Å². The molecular weight excluding hydrogens is 400 g/mol. The van der Waals surface area contributed by atoms with Crippen molar-refractivity contribution in [2.45, 2.75) is 29.6 Å². The molecule has 2 aromatic rings. The van der Waals surface area contributed by atoms with E-state index < -0.39 is 11.9 Å². The zero-order chi connectivity index (χ0) is 21.7. The van der Waals surface area contributed by atoms with Gasteiger partial charge in [0.25, 0.3) is 0 Å². The number of nitrogens with zero attached hydrogens (tertiary/aromatic N) is 1. The van der Waals surface area contributed by atoms with Crippen LogP contribution in [0, 0.1) is 11.3 Å². The van der Waals surface area contributed by atoms with Crippen LogP contribution in [-0.2, 0) is 14.3 Å². The van der Waals surface area contributed by atoms with Crippen LogP contribution in [0.5, 0.6) is 5.75 Å². The number of esters is 1. The zero-order valence-corrected chi connectivity index (χ0v) is 17.8. The number of benzene rings is 2. The lowest BCUT2D eigenvalue weighted by Gasteiger charge is -2.28. The van der Waals surface area contributed by atoms with Gasteiger partial charge in [0.1, 0.15) is 23.2 Å². The Kier molecular flexibility index (Phi) is 6.70. The number of methoxy groups -OCH3 is 1. The Morgan fingerprint density at radius 3 is 2.57 bits per heavy atom. The largest absolute Gasteiger partial charge is 0.497 e. The minimum absolute atomic E-state index is 0.00250. The van der Waals surface area contributed by atoms with Gasteiger partial charge >= 0.3 is 5.97 Å². The molecule has 0 radical (unpaired) electrons. The third-order valence-electron chi connectivity index (χ3n) is 4.62. The maximum absolute atomic E-state index is 12.7. The highest BCUT2D eigenvalue weighted by Crippen LogP contribution is 2.44. The molecule has 1 heterocycles. The summed E-state index contributed by atoms with van der Waals surface area (Å²) in [6, 6.07) is 17.4. The molecule has 2 N–H and O–H groups in total. The van der Waals surface area contributed by atoms with E-state index in [0.29, 0.717) is 5.76 Å². The lowest BCUT2D eigenvalue weighted by Crippen LogP contribution is -2.25. The van der Waals surface area contributed by atoms with E-state index in [0.717, 1.165) is 21.1 Å². The quantitative estimate of drug-likeness (QED) is 0.685. The SMILES string of the molecule is CCOC(=O)C1=C(C)OC(N)=C(C#N)C1c1ccccc1Sc1ccc(OC)cc1. The van der Waals surface area contributed by atoms with Crippen LogP contribution in [0.2, 0.25) is 0 Å². The topological polar surface area (TPSA) is 94.6 Å². The molecule has 0 saturated carbocycles. The summed E-state index contributed by atoms with van der Waals surface area (Å²) in [6.45, 7) is 3.60. The van der Waals surface area contributed by atoms with Crippen molar-refractivity contribution in [2.75, 3.05) is 13.7 Å². The molecule has 1 aliphatic heterocycles. The van der Waals surface area contributed by atoms with E-state index in [9.17, 15) is 10.1 Å². The Balaban J connectivity index is 2.09. The molecule has 1 aliphatic rings. The van der Waals surface area contributed by atoms with Crippen molar-refractivity contribution < 1.29 is 19.0 Å². The fourth-order valence-electron chi connectivity index (χ4n) is 3.25. The van der Waals surface area contributed by atoms with Crippen molar-refractivity contribution >= 4 is 17.7 Å². The second-order valence-electron chi connectivity index (χ2n) is 6.43. The summed E-state index contributed by atoms with van der Waals surface area (Å²) in [5.41, 5.74) is 7.26. The highest BCUT2D eigenvalue weighted by Gasteiger charge is 2.37. The number of allylic oxidation sites excluding steroid dienone is 2. The third-order valence-corrected chi connectivity index (χ3v) is 5.72. The maximum Gasteiger partial charge on any atom is 0.338 e. The van der Waals surface area contributed by atoms with Gasteiger partial charge in [0.05, 0.1) is 25.2 Å². The van der Waals surface area contributed by atoms with Gasteiger partial charge in [-0.05, 0) is 49.7 Å². The molecule has 1 atom stereocenters. The number of hydrogen-bond acceptors (Lipinski definition) is 7. The summed E-state index contributed by atoms with van der Waals surface area (Å²) in [4.78, 5) is 14.6. The van der Waals surface area contributed by atoms with Crippen molar-refractivity contribution in [1.82, 2.24) is 0 Å². The van der Waals surface area contributed by atoms with Gasteiger partial charge in [0.2, 0.25) is 5.88 Å². The van der Waals surface area contributed by atoms with E-state index in [4.69, 9.17) is 19.9 Å². The van der Waals surface area contributed by atoms with Crippen molar-refractivity contribution in [3.63, 3.8) is 0 Å². The smallest absolute Gasteiger partial charge is 0.338 e. The molecule has 0 fully saturated rings. The molecule has 0 saturated heterocycles. The van der Waals surface area contributed by atoms with Gasteiger partial charge in [0.15, 0.2) is 0 Å². The van der Waals surface area contributed by atoms with E-state index in [1.165, 1.54) is 11.8 Å². The Bertz CT molecular complexity index is 1050. The molecular formula is C23H22N2O4S. The van der Waals surface area contributed by atoms with Crippen LogP contribution < -0.4 is 10.5 Å². The minimum Gasteiger partial charge on any atom is -0.497 e. The number of rotatable bonds is 6. The summed E-state index contributed by atoms with van der Waals surface area (Å²) in [7, 11) is 1.62. The predicted octanol–water partition coefficient (Wildman–Crippen LogP) is 4.49. The molecule has 0 aromatic heterocycles. The molecule has 1 unspecified atom stereocenters. The van der Waals surface area contributed by atoms with E-state index in [-0.39, 0.29) is 23.6 Å². The highest BCUT2D eigenvalue weighted by molar-refractivity contribution is 7.99. The summed E-state index contributed by atoms with van der Waals surface area (Å²) >= 11 is 1.53. The zero-order valence-electron chi connectivity index (χ0n) is 17.0. The number of nitrogens with two attached hydrogens (primary N) is 1. The summed E-state index contributed by atoms with van der Waals surface area (Å²) < 4.78 is 16.0. The minimum atomic E-state index is -0.676. The molecule has 0 amide bonds. The first-order valence-corrected chi connectivity index (χ1v) is 10.2. The van der Waals surface area contributed by atoms with Crippen LogP contribution in [0.1, 0.15) is 25.3 Å². The van der Waals surface area contributed by atoms with E-state index >= 15 is 0 Å². The van der Waals surface area contributed by atoms with Crippen LogP contribution in [-0.4, -0.2) is 19.7 Å². The number of carbonyl (C=O) groups is 1. The lowest BCUT2D eigenvalue weighted by atomic mass is 9.83. The monoisotopic (exact) mass is 422 g/mol. The summed E-state index contributed by atoms with van der Waals surface area (Å²) in [6.07, 6.45) is 0. The molecule has 2 aromatic carbocycles. The lowest BCUT2D eigenvalue weighted by molar-refractivity contribution is -0.139. The molecule has 0 aliphatic carbocycles. The molecule has 154 valence electrons. The predicted molar refractivity (Wildman–Crippen MR) is 114 cm³/mol. The first kappa shape index (κ1) is 21.3. The first-order valence-electron chi connectivity index (χ1n) is 9.36. The Hall–Kier alpha value is -3.37. The van der Waals surface area contributed by atoms with Crippen LogP contribution in [0.15, 0.2) is 81.1 Å². The number of carbonyl (C=O) groups excluding carboxylic acids is 1. The first-order chi connectivity index (χ1) is 14.5. The van der Waals surface area contributed by atoms with Gasteiger partial charge in [0, 0.05) is 9.79 Å². The average molecular weight is 423 g/mol. The van der Waals surface area contributed by atoms with Crippen LogP contribution in [0.4, 0.5) is 0 Å². The summed E-state index contributed by atoms with van der Waals surface area (Å²) in [5.74, 6) is -0.103. The van der Waals surface area contributed by atoms with Gasteiger partial charge in [-0.1, -0.05) is 30.0 Å². The van der Waals surface area contributed by atoms with E-state index in [2.05, 4.69) is 6.07 Å². The van der Waals surface area contributed by atoms with Gasteiger partial charge in [-0.3, -0.25) is 0 Å². The summed E-state index contributed by atoms with van der Waals surface area (Å²) in [5, 5.41) is 9.78. The second-order valence-corrected chi connectivity index (χ2v) is 7.55. The fraction of sp³-hybridized carbons (Fsp3) is 0.217. The van der Waals surface area contributed by atoms with Crippen molar-refractivity contribution in [3.05, 3.63) is 76.9 Å². The third kappa shape index (κ3) is 4.29. The Morgan fingerprint density at radius 2 is 1.93 bits per heavy atom. The van der Waals surface area contributed by atoms with Crippen molar-refractivity contribution in [1.29, 1.82) is 5.26 Å². The molecule has 0 bridgehead atoms. The van der Waals surface area contributed by atoms with Crippen LogP contribution in [0.3, 0.4) is 0 Å². The fourth-order valence-corrected chi connectivity index (χ4v) is 4.22. The maximum atomic E-state index is 12.7. The molecule has 6 nitrogen and oxygen atoms in total. The van der Waals surface area contributed by atoms with Crippen LogP contribution >= 0.6 is 11.8 Å². The standard InChI is InChI=1S/C23H22N2O4S/c1-4-28-23(26)20-14(2)29-22(25)18(13-24)21(20)17-7-5-6-8-19(17)30-16-11-9-15(27-3)10-12-16/h5-12,21H,4,25H2,1-3H3. The highest BCUT2D eigenvalue weighted by atomic mass is 32.2. The van der Waals surface area contributed by atoms with E-state index in [1.807, 2.05) is 48.5 Å². The molecule has 7 heteroatoms. The normalized spacial score (nSPS) is 16.0. The molecule has 3 rings (SSSR count). The molecule has 0 spiro atoms. The number of nitriles is 1. The van der Waals surface area contributed by atoms with Crippen molar-refractivity contribution in [3.8, 4) is 11.8 Å². The number of hydrogen-bond donors (Lipinski definition) is 1. The second kappa shape index (κ2) is 9.42. The van der Waals surface area contributed by atoms with Crippen molar-refractivity contribution in [2.24, 2.45) is 5.73 Å². The Morgan fingerprint density at radius 1 is 1.23 bits per heavy atom. The van der Waals surface area contributed by atoms with Gasteiger partial charge in [-0.15, -0.1) is 0 Å². The van der Waals surface area contributed by atoms with E-state index in [1.54, 1.807) is 21.0 Å². The van der Waals surface area contributed by atoms with Crippen LogP contribution in [0.25, 0.3) is 0 Å². The van der Waals surface area contributed by atoms with Gasteiger partial charge in [-0.25, -0.2) is 4.79 Å². The Labute approximate surface area is 179 Å². The molecule has 30 heavy (non-hydrogen) atoms.